The quantitative estimate of drug-likeness (QED) is 0.652. The zero-order valence-corrected chi connectivity index (χ0v) is 20.3. The number of nitrogens with zero attached hydrogens (tertiary/aromatic N) is 3. The summed E-state index contributed by atoms with van der Waals surface area (Å²) in [6, 6.07) is 2.91. The molecule has 2 aromatic rings. The van der Waals surface area contributed by atoms with Crippen molar-refractivity contribution in [2.24, 2.45) is 0 Å². The van der Waals surface area contributed by atoms with Crippen LogP contribution in [0.4, 0.5) is 5.69 Å². The molecule has 7 nitrogen and oxygen atoms in total. The van der Waals surface area contributed by atoms with Crippen LogP contribution in [0.3, 0.4) is 0 Å². The van der Waals surface area contributed by atoms with Crippen LogP contribution in [-0.4, -0.2) is 72.0 Å². The first-order valence-electron chi connectivity index (χ1n) is 11.0. The highest BCUT2D eigenvalue weighted by Crippen LogP contribution is 2.37. The first-order valence-corrected chi connectivity index (χ1v) is 11.8. The van der Waals surface area contributed by atoms with Gasteiger partial charge in [-0.3, -0.25) is 9.69 Å². The Labute approximate surface area is 188 Å². The molecule has 8 heteroatoms. The molecule has 0 bridgehead atoms. The molecule has 0 aromatic carbocycles. The van der Waals surface area contributed by atoms with Crippen LogP contribution in [0.2, 0.25) is 0 Å². The van der Waals surface area contributed by atoms with Gasteiger partial charge in [0.2, 0.25) is 5.91 Å². The van der Waals surface area contributed by atoms with Crippen LogP contribution < -0.4 is 5.32 Å². The Morgan fingerprint density at radius 2 is 2.00 bits per heavy atom. The predicted molar refractivity (Wildman–Crippen MR) is 126 cm³/mol. The third kappa shape index (κ3) is 5.42. The Balaban J connectivity index is 1.76. The second-order valence-corrected chi connectivity index (χ2v) is 9.61. The van der Waals surface area contributed by atoms with E-state index in [1.54, 1.807) is 6.92 Å². The summed E-state index contributed by atoms with van der Waals surface area (Å²) in [6.07, 6.45) is 2.11. The second-order valence-electron chi connectivity index (χ2n) is 8.61. The van der Waals surface area contributed by atoms with E-state index in [1.807, 2.05) is 27.0 Å². The van der Waals surface area contributed by atoms with Gasteiger partial charge in [0.25, 0.3) is 0 Å². The summed E-state index contributed by atoms with van der Waals surface area (Å²) in [5.74, 6) is -0.550. The van der Waals surface area contributed by atoms with Crippen LogP contribution in [0, 0.1) is 13.8 Å². The smallest absolute Gasteiger partial charge is 0.350 e. The van der Waals surface area contributed by atoms with Crippen molar-refractivity contribution in [1.82, 2.24) is 14.8 Å². The van der Waals surface area contributed by atoms with E-state index in [-0.39, 0.29) is 19.1 Å². The van der Waals surface area contributed by atoms with Crippen LogP contribution in [0.1, 0.15) is 54.5 Å². The van der Waals surface area contributed by atoms with E-state index in [0.29, 0.717) is 22.6 Å². The summed E-state index contributed by atoms with van der Waals surface area (Å²) in [6.45, 7) is 12.8. The number of ether oxygens (including phenoxy) is 1. The highest BCUT2D eigenvalue weighted by molar-refractivity contribution is 7.21. The number of nitrogens with one attached hydrogen (secondary N) is 1. The van der Waals surface area contributed by atoms with Crippen molar-refractivity contribution in [1.29, 1.82) is 0 Å². The van der Waals surface area contributed by atoms with Gasteiger partial charge in [-0.05, 0) is 79.2 Å². The maximum atomic E-state index is 13.0. The molecule has 0 spiro atoms. The fourth-order valence-electron chi connectivity index (χ4n) is 4.28. The maximum absolute atomic E-state index is 13.0. The lowest BCUT2D eigenvalue weighted by Crippen LogP contribution is -2.47. The zero-order valence-electron chi connectivity index (χ0n) is 19.4. The Bertz CT molecular complexity index is 948. The number of likely N-dealkylation sites (tertiary alicyclic amines) is 1. The van der Waals surface area contributed by atoms with Gasteiger partial charge in [0, 0.05) is 23.2 Å². The SMILES string of the molecule is CCOC(=O)c1sc2nc(C)cc(C)c2c1NC(=O)CN(C)C1CCN(C(C)C)CC1. The van der Waals surface area contributed by atoms with Gasteiger partial charge < -0.3 is 15.0 Å². The van der Waals surface area contributed by atoms with E-state index >= 15 is 0 Å². The summed E-state index contributed by atoms with van der Waals surface area (Å²) < 4.78 is 5.23. The first-order chi connectivity index (χ1) is 14.7. The fraction of sp³-hybridized carbons (Fsp3) is 0.609. The normalized spacial score (nSPS) is 15.7. The van der Waals surface area contributed by atoms with Gasteiger partial charge in [-0.1, -0.05) is 0 Å². The number of piperidine rings is 1. The average Bonchev–Trinajstić information content (AvgIpc) is 3.06. The summed E-state index contributed by atoms with van der Waals surface area (Å²) in [4.78, 5) is 35.8. The van der Waals surface area contributed by atoms with Gasteiger partial charge in [0.15, 0.2) is 0 Å². The van der Waals surface area contributed by atoms with Crippen LogP contribution in [0.25, 0.3) is 10.2 Å². The molecule has 0 radical (unpaired) electrons. The summed E-state index contributed by atoms with van der Waals surface area (Å²) in [7, 11) is 2.00. The summed E-state index contributed by atoms with van der Waals surface area (Å²) in [5.41, 5.74) is 2.39. The Hall–Kier alpha value is -2.03. The number of fused-ring (bicyclic) bond motifs is 1. The molecule has 0 aliphatic carbocycles. The van der Waals surface area contributed by atoms with Crippen LogP contribution in [0.15, 0.2) is 6.07 Å². The molecule has 1 N–H and O–H groups in total. The van der Waals surface area contributed by atoms with Crippen molar-refractivity contribution < 1.29 is 14.3 Å². The molecule has 1 saturated heterocycles. The molecular formula is C23H34N4O3S. The van der Waals surface area contributed by atoms with Crippen molar-refractivity contribution in [3.63, 3.8) is 0 Å². The number of likely N-dealkylation sites (N-methyl/N-ethyl adjacent to an activating group) is 1. The number of carbonyl (C=O) groups is 2. The van der Waals surface area contributed by atoms with E-state index in [9.17, 15) is 9.59 Å². The Morgan fingerprint density at radius 3 is 2.61 bits per heavy atom. The van der Waals surface area contributed by atoms with Crippen molar-refractivity contribution in [2.75, 3.05) is 38.6 Å². The third-order valence-corrected chi connectivity index (χ3v) is 7.02. The number of esters is 1. The van der Waals surface area contributed by atoms with E-state index in [2.05, 4.69) is 33.9 Å². The highest BCUT2D eigenvalue weighted by Gasteiger charge is 2.27. The number of thiophene rings is 1. The van der Waals surface area contributed by atoms with Crippen LogP contribution >= 0.6 is 11.3 Å². The Kier molecular flexibility index (Phi) is 7.67. The van der Waals surface area contributed by atoms with Crippen molar-refractivity contribution >= 4 is 39.1 Å². The van der Waals surface area contributed by atoms with Gasteiger partial charge in [0.05, 0.1) is 18.8 Å². The molecule has 170 valence electrons. The number of pyridine rings is 1. The van der Waals surface area contributed by atoms with Crippen molar-refractivity contribution in [3.8, 4) is 0 Å². The molecule has 0 unspecified atom stereocenters. The molecule has 0 atom stereocenters. The number of amides is 1. The molecule has 0 saturated carbocycles. The summed E-state index contributed by atoms with van der Waals surface area (Å²) >= 11 is 1.27. The lowest BCUT2D eigenvalue weighted by Gasteiger charge is -2.38. The van der Waals surface area contributed by atoms with E-state index in [4.69, 9.17) is 4.74 Å². The zero-order chi connectivity index (χ0) is 22.7. The molecule has 3 rings (SSSR count). The van der Waals surface area contributed by atoms with Gasteiger partial charge in [-0.15, -0.1) is 11.3 Å². The van der Waals surface area contributed by atoms with Gasteiger partial charge in [0.1, 0.15) is 9.71 Å². The number of carbonyl (C=O) groups excluding carboxylic acids is 2. The lowest BCUT2D eigenvalue weighted by molar-refractivity contribution is -0.117. The molecule has 31 heavy (non-hydrogen) atoms. The minimum atomic E-state index is -0.424. The number of anilines is 1. The van der Waals surface area contributed by atoms with Gasteiger partial charge in [-0.2, -0.15) is 0 Å². The number of aromatic nitrogens is 1. The van der Waals surface area contributed by atoms with Crippen LogP contribution in [0.5, 0.6) is 0 Å². The monoisotopic (exact) mass is 446 g/mol. The minimum Gasteiger partial charge on any atom is -0.462 e. The summed E-state index contributed by atoms with van der Waals surface area (Å²) in [5, 5.41) is 3.83. The average molecular weight is 447 g/mol. The maximum Gasteiger partial charge on any atom is 0.350 e. The molecule has 3 heterocycles. The van der Waals surface area contributed by atoms with E-state index in [0.717, 1.165) is 47.4 Å². The molecular weight excluding hydrogens is 412 g/mol. The van der Waals surface area contributed by atoms with E-state index < -0.39 is 5.97 Å². The van der Waals surface area contributed by atoms with Gasteiger partial charge >= 0.3 is 5.97 Å². The minimum absolute atomic E-state index is 0.126. The molecule has 1 aliphatic heterocycles. The second kappa shape index (κ2) is 10.1. The first kappa shape index (κ1) is 23.6. The van der Waals surface area contributed by atoms with Gasteiger partial charge in [-0.25, -0.2) is 9.78 Å². The van der Waals surface area contributed by atoms with E-state index in [1.165, 1.54) is 11.3 Å². The Morgan fingerprint density at radius 1 is 1.32 bits per heavy atom. The molecule has 2 aromatic heterocycles. The topological polar surface area (TPSA) is 74.8 Å². The molecule has 1 fully saturated rings. The fourth-order valence-corrected chi connectivity index (χ4v) is 5.42. The number of hydrogen-bond donors (Lipinski definition) is 1. The number of rotatable bonds is 7. The predicted octanol–water partition coefficient (Wildman–Crippen LogP) is 3.83. The number of aryl methyl sites for hydroxylation is 2. The molecule has 1 amide bonds. The standard InChI is InChI=1S/C23H34N4O3S/c1-7-30-23(29)21-20(19-15(4)12-16(5)24-22(19)31-21)25-18(28)13-26(6)17-8-10-27(11-9-17)14(2)3/h12,14,17H,7-11,13H2,1-6H3,(H,25,28). The van der Waals surface area contributed by atoms with Crippen molar-refractivity contribution in [3.05, 3.63) is 22.2 Å². The van der Waals surface area contributed by atoms with Crippen molar-refractivity contribution in [2.45, 2.75) is 59.5 Å². The third-order valence-electron chi connectivity index (χ3n) is 5.96. The van der Waals surface area contributed by atoms with Crippen LogP contribution in [-0.2, 0) is 9.53 Å². The number of hydrogen-bond acceptors (Lipinski definition) is 7. The highest BCUT2D eigenvalue weighted by atomic mass is 32.1. The lowest BCUT2D eigenvalue weighted by atomic mass is 10.0. The largest absolute Gasteiger partial charge is 0.462 e. The molecule has 1 aliphatic rings.